The fraction of sp³-hybridized carbons (Fsp3) is 0.100. The summed E-state index contributed by atoms with van der Waals surface area (Å²) in [5, 5.41) is 3.62. The van der Waals surface area contributed by atoms with Gasteiger partial charge in [-0.15, -0.1) is 0 Å². The van der Waals surface area contributed by atoms with Crippen LogP contribution in [-0.2, 0) is 0 Å². The van der Waals surface area contributed by atoms with Crippen molar-refractivity contribution in [2.45, 2.75) is 12.5 Å². The molecule has 1 aliphatic rings. The maximum Gasteiger partial charge on any atom is 0.0864 e. The number of pyridine rings is 1. The molecule has 0 bridgehead atoms. The summed E-state index contributed by atoms with van der Waals surface area (Å²) in [5.74, 6) is 0. The van der Waals surface area contributed by atoms with Crippen molar-refractivity contribution < 1.29 is 0 Å². The van der Waals surface area contributed by atoms with E-state index in [-0.39, 0.29) is 6.04 Å². The highest BCUT2D eigenvalue weighted by atomic mass is 15.0. The minimum Gasteiger partial charge on any atom is -0.376 e. The van der Waals surface area contributed by atoms with E-state index >= 15 is 0 Å². The van der Waals surface area contributed by atoms with Crippen LogP contribution in [0.25, 0.3) is 0 Å². The van der Waals surface area contributed by atoms with E-state index in [1.807, 2.05) is 30.5 Å². The second-order valence-electron chi connectivity index (χ2n) is 5.63. The summed E-state index contributed by atoms with van der Waals surface area (Å²) in [6.07, 6.45) is 4.55. The van der Waals surface area contributed by atoms with Gasteiger partial charge in [-0.05, 0) is 29.3 Å². The van der Waals surface area contributed by atoms with Crippen molar-refractivity contribution in [1.82, 2.24) is 4.98 Å². The van der Waals surface area contributed by atoms with Crippen molar-refractivity contribution in [1.29, 1.82) is 0 Å². The highest BCUT2D eigenvalue weighted by Gasteiger charge is 2.20. The molecule has 1 aliphatic heterocycles. The molecule has 23 heavy (non-hydrogen) atoms. The van der Waals surface area contributed by atoms with Crippen LogP contribution in [0, 0.1) is 0 Å². The Bertz CT molecular complexity index is 826. The minimum atomic E-state index is 0.159. The first kappa shape index (κ1) is 13.7. The minimum absolute atomic E-state index is 0.159. The maximum absolute atomic E-state index is 4.92. The molecule has 0 spiro atoms. The predicted molar refractivity (Wildman–Crippen MR) is 94.3 cm³/mol. The van der Waals surface area contributed by atoms with Crippen LogP contribution in [0.5, 0.6) is 0 Å². The summed E-state index contributed by atoms with van der Waals surface area (Å²) < 4.78 is 0. The molecule has 0 radical (unpaired) electrons. The van der Waals surface area contributed by atoms with Gasteiger partial charge < -0.3 is 5.32 Å². The van der Waals surface area contributed by atoms with E-state index in [1.165, 1.54) is 11.1 Å². The first-order chi connectivity index (χ1) is 11.4. The van der Waals surface area contributed by atoms with Crippen molar-refractivity contribution >= 4 is 17.1 Å². The summed E-state index contributed by atoms with van der Waals surface area (Å²) >= 11 is 0. The molecule has 0 saturated heterocycles. The van der Waals surface area contributed by atoms with Crippen molar-refractivity contribution in [3.63, 3.8) is 0 Å². The van der Waals surface area contributed by atoms with Gasteiger partial charge in [0.25, 0.3) is 0 Å². The molecule has 1 unspecified atom stereocenters. The van der Waals surface area contributed by atoms with Crippen molar-refractivity contribution in [2.75, 3.05) is 5.32 Å². The number of aliphatic imine (C=N–C) groups is 1. The van der Waals surface area contributed by atoms with E-state index in [1.54, 1.807) is 6.20 Å². The average molecular weight is 299 g/mol. The lowest BCUT2D eigenvalue weighted by atomic mass is 9.98. The third-order valence-corrected chi connectivity index (χ3v) is 4.08. The fourth-order valence-corrected chi connectivity index (χ4v) is 2.91. The van der Waals surface area contributed by atoms with Crippen molar-refractivity contribution in [3.8, 4) is 0 Å². The number of benzene rings is 2. The molecular formula is C20H17N3. The first-order valence-corrected chi connectivity index (χ1v) is 7.78. The van der Waals surface area contributed by atoms with E-state index in [4.69, 9.17) is 4.99 Å². The fourth-order valence-electron chi connectivity index (χ4n) is 2.91. The zero-order valence-electron chi connectivity index (χ0n) is 12.7. The standard InChI is InChI=1S/C20H17N3/c1-2-7-15(8-3-1)19-13-20(16-9-6-12-21-14-16)23-18-11-5-4-10-17(18)22-19/h1-12,14,20,23H,13H2. The van der Waals surface area contributed by atoms with E-state index in [9.17, 15) is 0 Å². The van der Waals surface area contributed by atoms with Gasteiger partial charge in [0.15, 0.2) is 0 Å². The molecule has 2 heterocycles. The van der Waals surface area contributed by atoms with Crippen LogP contribution in [0.15, 0.2) is 84.1 Å². The maximum atomic E-state index is 4.92. The van der Waals surface area contributed by atoms with Crippen LogP contribution < -0.4 is 5.32 Å². The van der Waals surface area contributed by atoms with Crippen molar-refractivity contribution in [3.05, 3.63) is 90.3 Å². The van der Waals surface area contributed by atoms with Crippen LogP contribution in [0.4, 0.5) is 11.4 Å². The summed E-state index contributed by atoms with van der Waals surface area (Å²) in [6.45, 7) is 0. The number of hydrogen-bond donors (Lipinski definition) is 1. The number of aromatic nitrogens is 1. The molecule has 0 fully saturated rings. The van der Waals surface area contributed by atoms with Gasteiger partial charge in [0, 0.05) is 18.8 Å². The summed E-state index contributed by atoms with van der Waals surface area (Å²) in [6, 6.07) is 22.8. The Morgan fingerprint density at radius 1 is 0.870 bits per heavy atom. The average Bonchev–Trinajstić information content (AvgIpc) is 2.83. The highest BCUT2D eigenvalue weighted by Crippen LogP contribution is 2.34. The molecule has 4 rings (SSSR count). The number of nitrogens with one attached hydrogen (secondary N) is 1. The number of nitrogens with zero attached hydrogens (tertiary/aromatic N) is 2. The van der Waals surface area contributed by atoms with Gasteiger partial charge in [0.1, 0.15) is 0 Å². The van der Waals surface area contributed by atoms with Gasteiger partial charge in [-0.1, -0.05) is 48.5 Å². The lowest BCUT2D eigenvalue weighted by molar-refractivity contribution is 0.822. The van der Waals surface area contributed by atoms with Crippen LogP contribution in [0.2, 0.25) is 0 Å². The van der Waals surface area contributed by atoms with Gasteiger partial charge >= 0.3 is 0 Å². The molecule has 1 atom stereocenters. The van der Waals surface area contributed by atoms with Crippen LogP contribution >= 0.6 is 0 Å². The van der Waals surface area contributed by atoms with Gasteiger partial charge in [-0.25, -0.2) is 0 Å². The first-order valence-electron chi connectivity index (χ1n) is 7.78. The molecule has 0 saturated carbocycles. The number of hydrogen-bond acceptors (Lipinski definition) is 3. The lowest BCUT2D eigenvalue weighted by Gasteiger charge is -2.18. The zero-order chi connectivity index (χ0) is 15.5. The van der Waals surface area contributed by atoms with Gasteiger partial charge in [-0.3, -0.25) is 9.98 Å². The molecule has 3 heteroatoms. The second-order valence-corrected chi connectivity index (χ2v) is 5.63. The highest BCUT2D eigenvalue weighted by molar-refractivity contribution is 6.04. The van der Waals surface area contributed by atoms with E-state index < -0.39 is 0 Å². The number of fused-ring (bicyclic) bond motifs is 1. The third kappa shape index (κ3) is 2.86. The molecule has 0 aliphatic carbocycles. The van der Waals surface area contributed by atoms with E-state index in [0.717, 1.165) is 23.5 Å². The molecular weight excluding hydrogens is 282 g/mol. The van der Waals surface area contributed by atoms with Crippen LogP contribution in [0.3, 0.4) is 0 Å². The topological polar surface area (TPSA) is 37.3 Å². The summed E-state index contributed by atoms with van der Waals surface area (Å²) in [5.41, 5.74) is 5.48. The van der Waals surface area contributed by atoms with E-state index in [0.29, 0.717) is 0 Å². The second kappa shape index (κ2) is 6.05. The van der Waals surface area contributed by atoms with Gasteiger partial charge in [0.05, 0.1) is 23.1 Å². The molecule has 3 aromatic rings. The zero-order valence-corrected chi connectivity index (χ0v) is 12.7. The smallest absolute Gasteiger partial charge is 0.0864 e. The molecule has 1 aromatic heterocycles. The predicted octanol–water partition coefficient (Wildman–Crippen LogP) is 4.76. The summed E-state index contributed by atoms with van der Waals surface area (Å²) in [4.78, 5) is 9.18. The van der Waals surface area contributed by atoms with Crippen LogP contribution in [-0.4, -0.2) is 10.7 Å². The largest absolute Gasteiger partial charge is 0.376 e. The molecule has 2 aromatic carbocycles. The van der Waals surface area contributed by atoms with Gasteiger partial charge in [-0.2, -0.15) is 0 Å². The number of anilines is 1. The third-order valence-electron chi connectivity index (χ3n) is 4.08. The van der Waals surface area contributed by atoms with Crippen LogP contribution in [0.1, 0.15) is 23.6 Å². The van der Waals surface area contributed by atoms with Crippen molar-refractivity contribution in [2.24, 2.45) is 4.99 Å². The Morgan fingerprint density at radius 3 is 2.52 bits per heavy atom. The molecule has 0 amide bonds. The number of para-hydroxylation sites is 2. The Morgan fingerprint density at radius 2 is 1.70 bits per heavy atom. The Labute approximate surface area is 135 Å². The Kier molecular flexibility index (Phi) is 3.60. The molecule has 112 valence electrons. The quantitative estimate of drug-likeness (QED) is 0.740. The Balaban J connectivity index is 1.81. The SMILES string of the molecule is c1ccc(C2=Nc3ccccc3NC(c3cccnc3)C2)cc1. The normalized spacial score (nSPS) is 16.7. The Hall–Kier alpha value is -2.94. The number of rotatable bonds is 2. The summed E-state index contributed by atoms with van der Waals surface area (Å²) in [7, 11) is 0. The van der Waals surface area contributed by atoms with Gasteiger partial charge in [0.2, 0.25) is 0 Å². The monoisotopic (exact) mass is 299 g/mol. The molecule has 3 nitrogen and oxygen atoms in total. The molecule has 1 N–H and O–H groups in total. The van der Waals surface area contributed by atoms with E-state index in [2.05, 4.69) is 52.8 Å². The lowest BCUT2D eigenvalue weighted by Crippen LogP contribution is -2.14.